The highest BCUT2D eigenvalue weighted by Gasteiger charge is 2.33. The van der Waals surface area contributed by atoms with E-state index in [1.165, 1.54) is 18.2 Å². The first-order valence-corrected chi connectivity index (χ1v) is 12.9. The number of likely N-dealkylation sites (tertiary alicyclic amines) is 2. The Balaban J connectivity index is 1.18. The van der Waals surface area contributed by atoms with E-state index in [0.717, 1.165) is 44.1 Å². The van der Waals surface area contributed by atoms with Gasteiger partial charge in [-0.05, 0) is 56.4 Å². The molecule has 3 heterocycles. The summed E-state index contributed by atoms with van der Waals surface area (Å²) in [5.74, 6) is -0.507. The van der Waals surface area contributed by atoms with Gasteiger partial charge in [0.1, 0.15) is 5.25 Å². The third-order valence-corrected chi connectivity index (χ3v) is 7.43. The van der Waals surface area contributed by atoms with Crippen LogP contribution in [0.25, 0.3) is 0 Å². The van der Waals surface area contributed by atoms with E-state index >= 15 is 0 Å². The van der Waals surface area contributed by atoms with E-state index in [2.05, 4.69) is 20.5 Å². The van der Waals surface area contributed by atoms with Crippen LogP contribution in [0.1, 0.15) is 55.3 Å². The van der Waals surface area contributed by atoms with E-state index in [-0.39, 0.29) is 30.0 Å². The lowest BCUT2D eigenvalue weighted by molar-refractivity contribution is -0.127. The molecule has 0 unspecified atom stereocenters. The van der Waals surface area contributed by atoms with Crippen LogP contribution in [0, 0.1) is 0 Å². The van der Waals surface area contributed by atoms with Gasteiger partial charge in [-0.15, -0.1) is 0 Å². The lowest BCUT2D eigenvalue weighted by Gasteiger charge is -2.27. The maximum absolute atomic E-state index is 12.5. The summed E-state index contributed by atoms with van der Waals surface area (Å²) < 4.78 is 0. The summed E-state index contributed by atoms with van der Waals surface area (Å²) >= 11 is 1.38. The summed E-state index contributed by atoms with van der Waals surface area (Å²) in [6, 6.07) is 6.66. The summed E-state index contributed by atoms with van der Waals surface area (Å²) in [4.78, 5) is 56.8. The van der Waals surface area contributed by atoms with Gasteiger partial charge in [-0.1, -0.05) is 11.8 Å². The van der Waals surface area contributed by atoms with Gasteiger partial charge in [-0.3, -0.25) is 19.2 Å². The Labute approximate surface area is 203 Å². The number of nitrogens with one attached hydrogen (secondary N) is 2. The van der Waals surface area contributed by atoms with Crippen LogP contribution in [0.2, 0.25) is 0 Å². The number of rotatable bonds is 8. The molecular formula is C24H31N5O4S. The molecule has 0 aliphatic carbocycles. The number of hydrogen-bond acceptors (Lipinski definition) is 6. The number of nitrogens with zero attached hydrogens (tertiary/aromatic N) is 3. The first-order chi connectivity index (χ1) is 16.5. The van der Waals surface area contributed by atoms with Gasteiger partial charge >= 0.3 is 0 Å². The Morgan fingerprint density at radius 2 is 1.79 bits per heavy atom. The minimum absolute atomic E-state index is 0.0616. The number of piperidine rings is 1. The number of amidine groups is 1. The van der Waals surface area contributed by atoms with Crippen molar-refractivity contribution in [1.29, 1.82) is 0 Å². The highest BCUT2D eigenvalue weighted by Crippen LogP contribution is 2.29. The average molecular weight is 486 g/mol. The number of anilines is 1. The third kappa shape index (κ3) is 6.37. The molecule has 1 aromatic rings. The maximum Gasteiger partial charge on any atom is 0.262 e. The van der Waals surface area contributed by atoms with Crippen molar-refractivity contribution in [2.24, 2.45) is 4.99 Å². The molecule has 2 N–H and O–H groups in total. The molecule has 0 spiro atoms. The Morgan fingerprint density at radius 3 is 2.50 bits per heavy atom. The molecule has 3 aliphatic heterocycles. The van der Waals surface area contributed by atoms with Gasteiger partial charge < -0.3 is 20.4 Å². The molecule has 34 heavy (non-hydrogen) atoms. The van der Waals surface area contributed by atoms with Crippen molar-refractivity contribution in [3.05, 3.63) is 29.8 Å². The van der Waals surface area contributed by atoms with Gasteiger partial charge in [-0.2, -0.15) is 4.99 Å². The fourth-order valence-corrected chi connectivity index (χ4v) is 5.45. The van der Waals surface area contributed by atoms with Crippen molar-refractivity contribution in [2.45, 2.75) is 50.2 Å². The fraction of sp³-hybridized carbons (Fsp3) is 0.542. The predicted molar refractivity (Wildman–Crippen MR) is 132 cm³/mol. The van der Waals surface area contributed by atoms with Gasteiger partial charge in [0.15, 0.2) is 5.17 Å². The van der Waals surface area contributed by atoms with E-state index in [1.54, 1.807) is 24.3 Å². The molecule has 0 radical (unpaired) electrons. The van der Waals surface area contributed by atoms with Crippen LogP contribution in [-0.4, -0.2) is 76.6 Å². The van der Waals surface area contributed by atoms with Gasteiger partial charge in [-0.25, -0.2) is 0 Å². The predicted octanol–water partition coefficient (Wildman–Crippen LogP) is 2.24. The van der Waals surface area contributed by atoms with Crippen molar-refractivity contribution in [3.63, 3.8) is 0 Å². The second kappa shape index (κ2) is 11.5. The van der Waals surface area contributed by atoms with E-state index in [4.69, 9.17) is 0 Å². The molecule has 3 aliphatic rings. The van der Waals surface area contributed by atoms with Crippen LogP contribution in [0.4, 0.5) is 5.69 Å². The molecule has 2 fully saturated rings. The summed E-state index contributed by atoms with van der Waals surface area (Å²) in [5.41, 5.74) is 1.07. The number of hydrogen-bond donors (Lipinski definition) is 2. The minimum Gasteiger partial charge on any atom is -0.352 e. The number of benzene rings is 1. The second-order valence-corrected chi connectivity index (χ2v) is 9.98. The molecule has 1 atom stereocenters. The second-order valence-electron chi connectivity index (χ2n) is 8.81. The van der Waals surface area contributed by atoms with E-state index < -0.39 is 5.25 Å². The summed E-state index contributed by atoms with van der Waals surface area (Å²) in [7, 11) is 0. The molecule has 1 aromatic carbocycles. The highest BCUT2D eigenvalue weighted by molar-refractivity contribution is 8.15. The summed E-state index contributed by atoms with van der Waals surface area (Å²) in [6.45, 7) is 3.79. The zero-order valence-corrected chi connectivity index (χ0v) is 20.1. The van der Waals surface area contributed by atoms with E-state index in [9.17, 15) is 19.2 Å². The van der Waals surface area contributed by atoms with Crippen molar-refractivity contribution in [3.8, 4) is 0 Å². The number of aliphatic imine (C=N–C) groups is 1. The first kappa shape index (κ1) is 24.3. The standard InChI is InChI=1S/C24H31N5O4S/c30-20(16-19-23(33)27-24(34-19)29-12-2-1-3-13-29)26-18-9-7-17(8-10-18)22(32)25-11-5-15-28-14-4-6-21(28)31/h7-10,19H,1-6,11-16H2,(H,25,32)(H,26,30)/t19-/m0/s1. The number of amides is 4. The molecule has 0 saturated carbocycles. The van der Waals surface area contributed by atoms with Crippen LogP contribution in [0.3, 0.4) is 0 Å². The van der Waals surface area contributed by atoms with Crippen LogP contribution in [-0.2, 0) is 14.4 Å². The Kier molecular flexibility index (Phi) is 8.21. The summed E-state index contributed by atoms with van der Waals surface area (Å²) in [6.07, 6.45) is 5.73. The van der Waals surface area contributed by atoms with Crippen LogP contribution < -0.4 is 10.6 Å². The molecule has 4 rings (SSSR count). The Hall–Kier alpha value is -2.88. The number of carbonyl (C=O) groups excluding carboxylic acids is 4. The summed E-state index contributed by atoms with van der Waals surface area (Å²) in [5, 5.41) is 5.91. The third-order valence-electron chi connectivity index (χ3n) is 6.22. The Bertz CT molecular complexity index is 959. The topological polar surface area (TPSA) is 111 Å². The lowest BCUT2D eigenvalue weighted by atomic mass is 10.1. The van der Waals surface area contributed by atoms with Crippen LogP contribution in [0.15, 0.2) is 29.3 Å². The van der Waals surface area contributed by atoms with Crippen LogP contribution in [0.5, 0.6) is 0 Å². The molecule has 4 amide bonds. The molecule has 9 nitrogen and oxygen atoms in total. The van der Waals surface area contributed by atoms with E-state index in [1.807, 2.05) is 4.90 Å². The first-order valence-electron chi connectivity index (χ1n) is 12.0. The molecule has 2 saturated heterocycles. The van der Waals surface area contributed by atoms with E-state index in [0.29, 0.717) is 37.2 Å². The van der Waals surface area contributed by atoms with Gasteiger partial charge in [0.25, 0.3) is 11.8 Å². The van der Waals surface area contributed by atoms with Gasteiger partial charge in [0.2, 0.25) is 11.8 Å². The quantitative estimate of drug-likeness (QED) is 0.547. The van der Waals surface area contributed by atoms with Gasteiger partial charge in [0.05, 0.1) is 0 Å². The normalized spacial score (nSPS) is 20.5. The minimum atomic E-state index is -0.488. The fourth-order valence-electron chi connectivity index (χ4n) is 4.33. The molecular weight excluding hydrogens is 454 g/mol. The van der Waals surface area contributed by atoms with Gasteiger partial charge in [0, 0.05) is 56.8 Å². The van der Waals surface area contributed by atoms with Crippen molar-refractivity contribution < 1.29 is 19.2 Å². The highest BCUT2D eigenvalue weighted by atomic mass is 32.2. The molecule has 182 valence electrons. The monoisotopic (exact) mass is 485 g/mol. The largest absolute Gasteiger partial charge is 0.352 e. The maximum atomic E-state index is 12.5. The molecule has 0 aromatic heterocycles. The number of thioether (sulfide) groups is 1. The lowest BCUT2D eigenvalue weighted by Crippen LogP contribution is -2.33. The zero-order valence-electron chi connectivity index (χ0n) is 19.3. The SMILES string of the molecule is O=C(C[C@@H]1SC(N2CCCCC2)=NC1=O)Nc1ccc(C(=O)NCCCN2CCCC2=O)cc1. The smallest absolute Gasteiger partial charge is 0.262 e. The molecule has 0 bridgehead atoms. The van der Waals surface area contributed by atoms with Crippen molar-refractivity contribution >= 4 is 46.2 Å². The molecule has 10 heteroatoms. The zero-order chi connectivity index (χ0) is 23.9. The van der Waals surface area contributed by atoms with Crippen LogP contribution >= 0.6 is 11.8 Å². The van der Waals surface area contributed by atoms with Crippen molar-refractivity contribution in [1.82, 2.24) is 15.1 Å². The van der Waals surface area contributed by atoms with Crippen molar-refractivity contribution in [2.75, 3.05) is 38.0 Å². The average Bonchev–Trinajstić information content (AvgIpc) is 3.42. The Morgan fingerprint density at radius 1 is 1.03 bits per heavy atom. The number of carbonyl (C=O) groups is 4.